The van der Waals surface area contributed by atoms with Gasteiger partial charge in [0.25, 0.3) is 5.91 Å². The lowest BCUT2D eigenvalue weighted by Gasteiger charge is -2.34. The highest BCUT2D eigenvalue weighted by atomic mass is 32.2. The molecule has 0 spiro atoms. The van der Waals surface area contributed by atoms with Gasteiger partial charge in [0.05, 0.1) is 17.1 Å². The first-order valence-electron chi connectivity index (χ1n) is 8.84. The first-order chi connectivity index (χ1) is 12.1. The molecule has 1 saturated heterocycles. The molecule has 1 aromatic carbocycles. The van der Waals surface area contributed by atoms with Crippen molar-refractivity contribution in [3.8, 4) is 0 Å². The lowest BCUT2D eigenvalue weighted by Crippen LogP contribution is -2.48. The van der Waals surface area contributed by atoms with Crippen molar-refractivity contribution < 1.29 is 17.9 Å². The maximum atomic E-state index is 12.9. The monoisotopic (exact) mass is 380 g/mol. The molecule has 0 saturated carbocycles. The third-order valence-electron chi connectivity index (χ3n) is 4.25. The van der Waals surface area contributed by atoms with Crippen molar-refractivity contribution in [2.75, 3.05) is 26.2 Å². The maximum absolute atomic E-state index is 12.9. The molecular weight excluding hydrogens is 352 g/mol. The number of ether oxygens (including phenoxy) is 1. The van der Waals surface area contributed by atoms with E-state index in [4.69, 9.17) is 4.74 Å². The van der Waals surface area contributed by atoms with E-state index in [1.807, 2.05) is 27.7 Å². The Morgan fingerprint density at radius 2 is 1.77 bits per heavy atom. The third-order valence-corrected chi connectivity index (χ3v) is 6.10. The number of likely N-dealkylation sites (N-methyl/N-ethyl adjacent to an activating group) is 1. The molecule has 26 heavy (non-hydrogen) atoms. The van der Waals surface area contributed by atoms with Crippen molar-refractivity contribution in [3.63, 3.8) is 0 Å². The summed E-state index contributed by atoms with van der Waals surface area (Å²) < 4.78 is 32.8. The molecule has 0 N–H and O–H groups in total. The normalized spacial score (nSPS) is 21.4. The van der Waals surface area contributed by atoms with Crippen LogP contribution in [0, 0.1) is 0 Å². The predicted octanol–water partition coefficient (Wildman–Crippen LogP) is 2.52. The van der Waals surface area contributed by atoms with Crippen LogP contribution in [0.25, 0.3) is 0 Å². The largest absolute Gasteiger partial charge is 0.373 e. The predicted molar refractivity (Wildman–Crippen MR) is 102 cm³/mol. The highest BCUT2D eigenvalue weighted by molar-refractivity contribution is 7.89. The fraction of sp³-hybridized carbons (Fsp3) is 0.526. The summed E-state index contributed by atoms with van der Waals surface area (Å²) in [7, 11) is -3.60. The average molecular weight is 381 g/mol. The van der Waals surface area contributed by atoms with Gasteiger partial charge in [0.1, 0.15) is 0 Å². The summed E-state index contributed by atoms with van der Waals surface area (Å²) in [5, 5.41) is 0. The molecule has 0 radical (unpaired) electrons. The second kappa shape index (κ2) is 8.33. The van der Waals surface area contributed by atoms with Gasteiger partial charge in [-0.25, -0.2) is 8.42 Å². The zero-order chi connectivity index (χ0) is 19.5. The van der Waals surface area contributed by atoms with Crippen molar-refractivity contribution >= 4 is 15.9 Å². The molecule has 0 bridgehead atoms. The van der Waals surface area contributed by atoms with Crippen molar-refractivity contribution in [1.29, 1.82) is 0 Å². The van der Waals surface area contributed by atoms with Gasteiger partial charge in [-0.05, 0) is 52.0 Å². The minimum absolute atomic E-state index is 0.131. The molecule has 1 aliphatic rings. The first kappa shape index (κ1) is 20.6. The summed E-state index contributed by atoms with van der Waals surface area (Å²) in [6, 6.07) is 6.15. The molecule has 1 amide bonds. The highest BCUT2D eigenvalue weighted by Gasteiger charge is 2.32. The number of nitrogens with zero attached hydrogens (tertiary/aromatic N) is 2. The number of hydrogen-bond acceptors (Lipinski definition) is 4. The topological polar surface area (TPSA) is 66.9 Å². The standard InChI is InChI=1S/C19H28N2O4S/c1-6-20(11-14(2)3)19(22)17-7-9-18(10-8-17)26(23,24)21-12-15(4)25-16(5)13-21/h7-10,15-16H,2,6,11-13H2,1,3-5H3/t15-,16-/m1/s1. The van der Waals surface area contributed by atoms with Crippen LogP contribution in [0.5, 0.6) is 0 Å². The second-order valence-electron chi connectivity index (χ2n) is 6.88. The van der Waals surface area contributed by atoms with E-state index in [1.165, 1.54) is 16.4 Å². The van der Waals surface area contributed by atoms with Crippen LogP contribution in [0.4, 0.5) is 0 Å². The summed E-state index contributed by atoms with van der Waals surface area (Å²) in [5.74, 6) is -0.131. The first-order valence-corrected chi connectivity index (χ1v) is 10.3. The summed E-state index contributed by atoms with van der Waals surface area (Å²) in [6.45, 7) is 13.0. The van der Waals surface area contributed by atoms with E-state index in [0.717, 1.165) is 5.57 Å². The van der Waals surface area contributed by atoms with Crippen LogP contribution in [-0.2, 0) is 14.8 Å². The number of carbonyl (C=O) groups excluding carboxylic acids is 1. The van der Waals surface area contributed by atoms with Crippen LogP contribution in [0.15, 0.2) is 41.3 Å². The zero-order valence-corrected chi connectivity index (χ0v) is 16.8. The van der Waals surface area contributed by atoms with Gasteiger partial charge in [0.2, 0.25) is 10.0 Å². The summed E-state index contributed by atoms with van der Waals surface area (Å²) in [6.07, 6.45) is -0.288. The minimum Gasteiger partial charge on any atom is -0.373 e. The third kappa shape index (κ3) is 4.72. The minimum atomic E-state index is -3.60. The van der Waals surface area contributed by atoms with E-state index in [1.54, 1.807) is 17.0 Å². The van der Waals surface area contributed by atoms with Gasteiger partial charge in [-0.1, -0.05) is 12.2 Å². The molecule has 1 heterocycles. The quantitative estimate of drug-likeness (QED) is 0.711. The Hall–Kier alpha value is -1.70. The molecule has 1 aliphatic heterocycles. The summed E-state index contributed by atoms with van der Waals surface area (Å²) in [5.41, 5.74) is 1.37. The lowest BCUT2D eigenvalue weighted by atomic mass is 10.2. The lowest BCUT2D eigenvalue weighted by molar-refractivity contribution is -0.0440. The summed E-state index contributed by atoms with van der Waals surface area (Å²) in [4.78, 5) is 14.4. The SMILES string of the molecule is C=C(C)CN(CC)C(=O)c1ccc(S(=O)(=O)N2C[C@@H](C)O[C@H](C)C2)cc1. The fourth-order valence-corrected chi connectivity index (χ4v) is 4.67. The maximum Gasteiger partial charge on any atom is 0.254 e. The van der Waals surface area contributed by atoms with Crippen LogP contribution < -0.4 is 0 Å². The molecule has 6 nitrogen and oxygen atoms in total. The Kier molecular flexibility index (Phi) is 6.60. The van der Waals surface area contributed by atoms with Gasteiger partial charge in [0.15, 0.2) is 0 Å². The van der Waals surface area contributed by atoms with E-state index < -0.39 is 10.0 Å². The van der Waals surface area contributed by atoms with Crippen molar-refractivity contribution in [1.82, 2.24) is 9.21 Å². The number of hydrogen-bond donors (Lipinski definition) is 0. The Bertz CT molecular complexity index is 748. The van der Waals surface area contributed by atoms with Crippen LogP contribution >= 0.6 is 0 Å². The molecule has 1 aromatic rings. The van der Waals surface area contributed by atoms with Crippen LogP contribution in [0.1, 0.15) is 38.1 Å². The molecule has 2 atom stereocenters. The number of sulfonamides is 1. The molecule has 0 aromatic heterocycles. The number of carbonyl (C=O) groups is 1. The highest BCUT2D eigenvalue weighted by Crippen LogP contribution is 2.22. The van der Waals surface area contributed by atoms with E-state index >= 15 is 0 Å². The smallest absolute Gasteiger partial charge is 0.254 e. The number of amides is 1. The Morgan fingerprint density at radius 1 is 1.23 bits per heavy atom. The van der Waals surface area contributed by atoms with Gasteiger partial charge in [-0.15, -0.1) is 0 Å². The average Bonchev–Trinajstić information content (AvgIpc) is 2.58. The second-order valence-corrected chi connectivity index (χ2v) is 8.82. The Balaban J connectivity index is 2.20. The van der Waals surface area contributed by atoms with Crippen molar-refractivity contribution in [2.24, 2.45) is 0 Å². The van der Waals surface area contributed by atoms with Gasteiger partial charge in [0, 0.05) is 31.7 Å². The van der Waals surface area contributed by atoms with Crippen LogP contribution in [0.2, 0.25) is 0 Å². The Labute approximate surface area is 156 Å². The Morgan fingerprint density at radius 3 is 2.23 bits per heavy atom. The van der Waals surface area contributed by atoms with Crippen LogP contribution in [0.3, 0.4) is 0 Å². The number of benzene rings is 1. The van der Waals surface area contributed by atoms with Gasteiger partial charge in [-0.3, -0.25) is 4.79 Å². The van der Waals surface area contributed by atoms with Gasteiger partial charge >= 0.3 is 0 Å². The van der Waals surface area contributed by atoms with E-state index in [2.05, 4.69) is 6.58 Å². The molecule has 0 aliphatic carbocycles. The molecule has 144 valence electrons. The molecular formula is C19H28N2O4S. The van der Waals surface area contributed by atoms with Crippen molar-refractivity contribution in [2.45, 2.75) is 44.8 Å². The fourth-order valence-electron chi connectivity index (χ4n) is 3.08. The van der Waals surface area contributed by atoms with Gasteiger partial charge < -0.3 is 9.64 Å². The van der Waals surface area contributed by atoms with E-state index in [0.29, 0.717) is 31.7 Å². The molecule has 2 rings (SSSR count). The van der Waals surface area contributed by atoms with Gasteiger partial charge in [-0.2, -0.15) is 4.31 Å². The number of rotatable bonds is 6. The number of morpholine rings is 1. The van der Waals surface area contributed by atoms with E-state index in [9.17, 15) is 13.2 Å². The van der Waals surface area contributed by atoms with Crippen LogP contribution in [-0.4, -0.2) is 61.9 Å². The molecule has 7 heteroatoms. The zero-order valence-electron chi connectivity index (χ0n) is 15.9. The molecule has 1 fully saturated rings. The van der Waals surface area contributed by atoms with E-state index in [-0.39, 0.29) is 23.0 Å². The molecule has 0 unspecified atom stereocenters. The summed E-state index contributed by atoms with van der Waals surface area (Å²) >= 11 is 0. The van der Waals surface area contributed by atoms with Crippen molar-refractivity contribution in [3.05, 3.63) is 42.0 Å².